The van der Waals surface area contributed by atoms with Crippen LogP contribution in [0, 0.1) is 35.5 Å². The van der Waals surface area contributed by atoms with E-state index in [1.807, 2.05) is 0 Å². The van der Waals surface area contributed by atoms with E-state index in [1.165, 1.54) is 18.1 Å². The molecule has 3 atom stereocenters. The van der Waals surface area contributed by atoms with Gasteiger partial charge >= 0.3 is 0 Å². The zero-order chi connectivity index (χ0) is 15.2. The van der Waals surface area contributed by atoms with Crippen molar-refractivity contribution in [3.63, 3.8) is 0 Å². The molecule has 19 heavy (non-hydrogen) atoms. The quantitative estimate of drug-likeness (QED) is 0.432. The maximum atomic E-state index is 2.47. The Bertz CT molecular complexity index is 182. The summed E-state index contributed by atoms with van der Waals surface area (Å²) in [6.07, 6.45) is 0. The number of rotatable bonds is 9. The predicted octanol–water partition coefficient (Wildman–Crippen LogP) is 6.36. The molecule has 3 unspecified atom stereocenters. The van der Waals surface area contributed by atoms with Gasteiger partial charge in [0, 0.05) is 8.80 Å². The second kappa shape index (κ2) is 9.21. The van der Waals surface area contributed by atoms with Crippen molar-refractivity contribution in [2.75, 3.05) is 0 Å². The minimum Gasteiger partial charge on any atom is -0.0625 e. The minimum absolute atomic E-state index is 0.176. The molecule has 0 aromatic heterocycles. The van der Waals surface area contributed by atoms with Crippen LogP contribution in [0.1, 0.15) is 62.3 Å². The Hall–Kier alpha value is 0.217. The topological polar surface area (TPSA) is 0 Å². The van der Waals surface area contributed by atoms with Gasteiger partial charge in [-0.05, 0) is 35.5 Å². The molecule has 0 aromatic rings. The molecule has 0 rings (SSSR count). The molecule has 1 radical (unpaired) electrons. The summed E-state index contributed by atoms with van der Waals surface area (Å²) in [7, 11) is -0.176. The highest BCUT2D eigenvalue weighted by Gasteiger charge is 2.23. The number of hydrogen-bond acceptors (Lipinski definition) is 0. The van der Waals surface area contributed by atoms with Gasteiger partial charge in [-0.25, -0.2) is 0 Å². The lowest BCUT2D eigenvalue weighted by molar-refractivity contribution is 0.421. The van der Waals surface area contributed by atoms with Crippen LogP contribution in [0.5, 0.6) is 0 Å². The second-order valence-electron chi connectivity index (χ2n) is 8.03. The molecule has 0 fully saturated rings. The van der Waals surface area contributed by atoms with Gasteiger partial charge in [-0.1, -0.05) is 80.4 Å². The average molecular weight is 284 g/mol. The van der Waals surface area contributed by atoms with Gasteiger partial charge in [0.25, 0.3) is 0 Å². The molecular weight excluding hydrogens is 244 g/mol. The maximum absolute atomic E-state index is 2.47. The molecule has 0 nitrogen and oxygen atoms in total. The summed E-state index contributed by atoms with van der Waals surface area (Å²) < 4.78 is 0. The van der Waals surface area contributed by atoms with E-state index >= 15 is 0 Å². The Morgan fingerprint density at radius 2 is 0.684 bits per heavy atom. The van der Waals surface area contributed by atoms with Crippen molar-refractivity contribution in [1.29, 1.82) is 0 Å². The van der Waals surface area contributed by atoms with Crippen molar-refractivity contribution in [3.05, 3.63) is 0 Å². The van der Waals surface area contributed by atoms with Crippen LogP contribution in [-0.4, -0.2) is 8.80 Å². The van der Waals surface area contributed by atoms with Gasteiger partial charge in [0.1, 0.15) is 0 Å². The third-order valence-corrected chi connectivity index (χ3v) is 8.91. The first-order chi connectivity index (χ1) is 8.65. The predicted molar refractivity (Wildman–Crippen MR) is 92.2 cm³/mol. The van der Waals surface area contributed by atoms with Crippen molar-refractivity contribution >= 4 is 8.80 Å². The van der Waals surface area contributed by atoms with E-state index in [4.69, 9.17) is 0 Å². The molecule has 0 aliphatic rings. The van der Waals surface area contributed by atoms with Crippen molar-refractivity contribution in [2.24, 2.45) is 35.5 Å². The summed E-state index contributed by atoms with van der Waals surface area (Å²) in [5, 5.41) is 0. The highest BCUT2D eigenvalue weighted by Crippen LogP contribution is 2.29. The highest BCUT2D eigenvalue weighted by atomic mass is 28.3. The zero-order valence-corrected chi connectivity index (χ0v) is 16.1. The Morgan fingerprint density at radius 1 is 0.474 bits per heavy atom. The molecule has 1 heteroatoms. The monoisotopic (exact) mass is 283 g/mol. The molecule has 0 heterocycles. The van der Waals surface area contributed by atoms with Gasteiger partial charge in [0.05, 0.1) is 0 Å². The Balaban J connectivity index is 4.54. The summed E-state index contributed by atoms with van der Waals surface area (Å²) in [6.45, 7) is 21.7. The first kappa shape index (κ1) is 19.2. The fourth-order valence-corrected chi connectivity index (χ4v) is 6.97. The van der Waals surface area contributed by atoms with Crippen LogP contribution >= 0.6 is 0 Å². The van der Waals surface area contributed by atoms with E-state index in [1.54, 1.807) is 0 Å². The zero-order valence-electron chi connectivity index (χ0n) is 15.1. The SMILES string of the molecule is CC(C)C(C)C[Si](CC(C)C(C)C)CC(C)C(C)C. The van der Waals surface area contributed by atoms with Crippen LogP contribution in [0.3, 0.4) is 0 Å². The van der Waals surface area contributed by atoms with Crippen molar-refractivity contribution in [2.45, 2.75) is 80.4 Å². The molecule has 0 N–H and O–H groups in total. The van der Waals surface area contributed by atoms with E-state index in [-0.39, 0.29) is 8.80 Å². The third-order valence-electron chi connectivity index (χ3n) is 5.25. The molecule has 115 valence electrons. The molecule has 0 aliphatic carbocycles. The highest BCUT2D eigenvalue weighted by molar-refractivity contribution is 6.59. The van der Waals surface area contributed by atoms with Crippen LogP contribution in [0.25, 0.3) is 0 Å². The summed E-state index contributed by atoms with van der Waals surface area (Å²) in [5.41, 5.74) is 0. The van der Waals surface area contributed by atoms with Crippen molar-refractivity contribution < 1.29 is 0 Å². The van der Waals surface area contributed by atoms with Crippen LogP contribution < -0.4 is 0 Å². The third kappa shape index (κ3) is 8.17. The van der Waals surface area contributed by atoms with Gasteiger partial charge in [-0.3, -0.25) is 0 Å². The van der Waals surface area contributed by atoms with E-state index in [9.17, 15) is 0 Å². The maximum Gasteiger partial charge on any atom is 0.0487 e. The minimum atomic E-state index is -0.176. The Morgan fingerprint density at radius 3 is 0.842 bits per heavy atom. The first-order valence-electron chi connectivity index (χ1n) is 8.48. The lowest BCUT2D eigenvalue weighted by Gasteiger charge is -2.29. The van der Waals surface area contributed by atoms with Crippen molar-refractivity contribution in [1.82, 2.24) is 0 Å². The first-order valence-corrected chi connectivity index (χ1v) is 10.6. The lowest BCUT2D eigenvalue weighted by atomic mass is 10.00. The Labute approximate surface area is 125 Å². The summed E-state index contributed by atoms with van der Waals surface area (Å²) >= 11 is 0. The van der Waals surface area contributed by atoms with Gasteiger partial charge in [0.15, 0.2) is 0 Å². The molecule has 0 saturated heterocycles. The average Bonchev–Trinajstić information content (AvgIpc) is 2.27. The van der Waals surface area contributed by atoms with Crippen molar-refractivity contribution in [3.8, 4) is 0 Å². The smallest absolute Gasteiger partial charge is 0.0487 e. The molecule has 0 spiro atoms. The molecule has 0 amide bonds. The van der Waals surface area contributed by atoms with Gasteiger partial charge < -0.3 is 0 Å². The lowest BCUT2D eigenvalue weighted by Crippen LogP contribution is -2.26. The van der Waals surface area contributed by atoms with E-state index in [2.05, 4.69) is 62.3 Å². The number of hydrogen-bond donors (Lipinski definition) is 0. The fourth-order valence-electron chi connectivity index (χ4n) is 2.32. The molecule has 0 saturated carbocycles. The summed E-state index contributed by atoms with van der Waals surface area (Å²) in [4.78, 5) is 0. The fraction of sp³-hybridized carbons (Fsp3) is 1.00. The van der Waals surface area contributed by atoms with Crippen LogP contribution in [0.2, 0.25) is 18.1 Å². The van der Waals surface area contributed by atoms with Gasteiger partial charge in [-0.2, -0.15) is 0 Å². The van der Waals surface area contributed by atoms with Gasteiger partial charge in [0.2, 0.25) is 0 Å². The molecule has 0 aromatic carbocycles. The van der Waals surface area contributed by atoms with Crippen LogP contribution in [-0.2, 0) is 0 Å². The van der Waals surface area contributed by atoms with E-state index < -0.39 is 0 Å². The second-order valence-corrected chi connectivity index (χ2v) is 10.8. The summed E-state index contributed by atoms with van der Waals surface area (Å²) in [6, 6.07) is 4.57. The normalized spacial score (nSPS) is 17.5. The standard InChI is InChI=1S/C18H39Si/c1-13(2)16(7)10-19(11-17(8)14(3)4)12-18(9)15(5)6/h13-18H,10-12H2,1-9H3. The van der Waals surface area contributed by atoms with E-state index in [0.717, 1.165) is 35.5 Å². The molecule has 0 aliphatic heterocycles. The summed E-state index contributed by atoms with van der Waals surface area (Å²) in [5.74, 6) is 5.28. The van der Waals surface area contributed by atoms with E-state index in [0.29, 0.717) is 0 Å². The van der Waals surface area contributed by atoms with Gasteiger partial charge in [-0.15, -0.1) is 0 Å². The van der Waals surface area contributed by atoms with Crippen LogP contribution in [0.15, 0.2) is 0 Å². The largest absolute Gasteiger partial charge is 0.0625 e. The Kier molecular flexibility index (Phi) is 9.31. The molecular formula is C18H39Si. The van der Waals surface area contributed by atoms with Crippen LogP contribution in [0.4, 0.5) is 0 Å². The molecule has 0 bridgehead atoms.